The number of benzene rings is 1. The Balaban J connectivity index is 1.63. The van der Waals surface area contributed by atoms with Crippen LogP contribution in [0.2, 0.25) is 0 Å². The van der Waals surface area contributed by atoms with Gasteiger partial charge in [0.2, 0.25) is 5.91 Å². The van der Waals surface area contributed by atoms with E-state index in [1.807, 2.05) is 13.0 Å². The molecule has 0 spiro atoms. The molecule has 25 heavy (non-hydrogen) atoms. The molecule has 1 aromatic carbocycles. The lowest BCUT2D eigenvalue weighted by Gasteiger charge is -2.27. The van der Waals surface area contributed by atoms with Gasteiger partial charge in [-0.15, -0.1) is 0 Å². The monoisotopic (exact) mass is 339 g/mol. The van der Waals surface area contributed by atoms with Crippen LogP contribution in [0.5, 0.6) is 0 Å². The molecule has 0 saturated heterocycles. The SMILES string of the molecule is Cc1ccnn1CC(=O)N1CCCc2c1cnn2-c1ccc(F)cc1. The van der Waals surface area contributed by atoms with Crippen LogP contribution in [0.1, 0.15) is 17.8 Å². The van der Waals surface area contributed by atoms with E-state index in [0.29, 0.717) is 6.54 Å². The minimum Gasteiger partial charge on any atom is -0.308 e. The highest BCUT2D eigenvalue weighted by Crippen LogP contribution is 2.29. The van der Waals surface area contributed by atoms with Gasteiger partial charge in [0.15, 0.2) is 0 Å². The zero-order chi connectivity index (χ0) is 17.4. The van der Waals surface area contributed by atoms with Crippen molar-refractivity contribution in [3.8, 4) is 5.69 Å². The molecule has 6 nitrogen and oxygen atoms in total. The Labute approximate surface area is 144 Å². The molecule has 128 valence electrons. The highest BCUT2D eigenvalue weighted by Gasteiger charge is 2.27. The van der Waals surface area contributed by atoms with E-state index in [0.717, 1.165) is 35.6 Å². The standard InChI is InChI=1S/C18H18FN5O/c1-13-8-9-20-23(13)12-18(25)22-10-2-3-16-17(22)11-21-24(16)15-6-4-14(19)5-7-15/h4-9,11H,2-3,10,12H2,1H3. The first kappa shape index (κ1) is 15.6. The quantitative estimate of drug-likeness (QED) is 0.737. The van der Waals surface area contributed by atoms with Crippen molar-refractivity contribution >= 4 is 11.6 Å². The molecule has 0 N–H and O–H groups in total. The molecule has 1 amide bonds. The van der Waals surface area contributed by atoms with Gasteiger partial charge in [0.1, 0.15) is 12.4 Å². The van der Waals surface area contributed by atoms with Gasteiger partial charge in [-0.3, -0.25) is 9.48 Å². The molecule has 0 unspecified atom stereocenters. The van der Waals surface area contributed by atoms with Gasteiger partial charge < -0.3 is 4.90 Å². The van der Waals surface area contributed by atoms with Gasteiger partial charge in [-0.2, -0.15) is 10.2 Å². The van der Waals surface area contributed by atoms with Crippen LogP contribution in [-0.2, 0) is 17.8 Å². The van der Waals surface area contributed by atoms with E-state index in [2.05, 4.69) is 10.2 Å². The largest absolute Gasteiger partial charge is 0.308 e. The molecule has 0 bridgehead atoms. The van der Waals surface area contributed by atoms with Crippen LogP contribution in [0.4, 0.5) is 10.1 Å². The summed E-state index contributed by atoms with van der Waals surface area (Å²) in [6, 6.07) is 8.08. The second kappa shape index (κ2) is 6.16. The van der Waals surface area contributed by atoms with Crippen molar-refractivity contribution in [1.29, 1.82) is 0 Å². The number of aryl methyl sites for hydroxylation is 1. The first-order chi connectivity index (χ1) is 12.1. The maximum Gasteiger partial charge on any atom is 0.248 e. The van der Waals surface area contributed by atoms with Crippen LogP contribution in [0, 0.1) is 12.7 Å². The van der Waals surface area contributed by atoms with Gasteiger partial charge in [-0.1, -0.05) is 0 Å². The Bertz CT molecular complexity index is 912. The lowest BCUT2D eigenvalue weighted by atomic mass is 10.1. The summed E-state index contributed by atoms with van der Waals surface area (Å²) in [6.45, 7) is 2.80. The third kappa shape index (κ3) is 2.82. The summed E-state index contributed by atoms with van der Waals surface area (Å²) >= 11 is 0. The molecule has 1 aliphatic heterocycles. The van der Waals surface area contributed by atoms with Crippen LogP contribution in [0.3, 0.4) is 0 Å². The smallest absolute Gasteiger partial charge is 0.248 e. The summed E-state index contributed by atoms with van der Waals surface area (Å²) < 4.78 is 16.6. The molecule has 2 aromatic heterocycles. The van der Waals surface area contributed by atoms with Gasteiger partial charge in [0.05, 0.1) is 23.3 Å². The third-order valence-corrected chi connectivity index (χ3v) is 4.52. The molecule has 1 aliphatic rings. The zero-order valence-corrected chi connectivity index (χ0v) is 13.9. The molecular formula is C18H18FN5O. The van der Waals surface area contributed by atoms with Gasteiger partial charge in [-0.25, -0.2) is 9.07 Å². The van der Waals surface area contributed by atoms with Crippen molar-refractivity contribution in [2.24, 2.45) is 0 Å². The molecule has 0 radical (unpaired) electrons. The number of carbonyl (C=O) groups is 1. The third-order valence-electron chi connectivity index (χ3n) is 4.52. The number of hydrogen-bond acceptors (Lipinski definition) is 3. The molecule has 7 heteroatoms. The normalized spacial score (nSPS) is 13.8. The zero-order valence-electron chi connectivity index (χ0n) is 13.9. The van der Waals surface area contributed by atoms with Crippen molar-refractivity contribution in [3.05, 3.63) is 59.9 Å². The van der Waals surface area contributed by atoms with Gasteiger partial charge in [-0.05, 0) is 50.1 Å². The van der Waals surface area contributed by atoms with E-state index in [9.17, 15) is 9.18 Å². The number of nitrogens with zero attached hydrogens (tertiary/aromatic N) is 5. The summed E-state index contributed by atoms with van der Waals surface area (Å²) in [5, 5.41) is 8.60. The minimum absolute atomic E-state index is 0.00796. The fourth-order valence-electron chi connectivity index (χ4n) is 3.19. The van der Waals surface area contributed by atoms with Crippen LogP contribution < -0.4 is 4.90 Å². The fourth-order valence-corrected chi connectivity index (χ4v) is 3.19. The first-order valence-corrected chi connectivity index (χ1v) is 8.25. The average molecular weight is 339 g/mol. The van der Waals surface area contributed by atoms with Crippen molar-refractivity contribution in [3.63, 3.8) is 0 Å². The van der Waals surface area contributed by atoms with Crippen LogP contribution in [-0.4, -0.2) is 32.0 Å². The number of fused-ring (bicyclic) bond motifs is 1. The van der Waals surface area contributed by atoms with Crippen molar-refractivity contribution in [2.45, 2.75) is 26.3 Å². The number of carbonyl (C=O) groups excluding carboxylic acids is 1. The van der Waals surface area contributed by atoms with Crippen LogP contribution in [0.25, 0.3) is 5.69 Å². The minimum atomic E-state index is -0.281. The lowest BCUT2D eigenvalue weighted by molar-refractivity contribution is -0.119. The first-order valence-electron chi connectivity index (χ1n) is 8.25. The Kier molecular flexibility index (Phi) is 3.83. The van der Waals surface area contributed by atoms with Crippen molar-refractivity contribution < 1.29 is 9.18 Å². The number of hydrogen-bond donors (Lipinski definition) is 0. The molecule has 0 atom stereocenters. The Hall–Kier alpha value is -2.96. The van der Waals surface area contributed by atoms with Gasteiger partial charge >= 0.3 is 0 Å². The second-order valence-electron chi connectivity index (χ2n) is 6.14. The predicted octanol–water partition coefficient (Wildman–Crippen LogP) is 2.50. The highest BCUT2D eigenvalue weighted by atomic mass is 19.1. The Morgan fingerprint density at radius 2 is 2.00 bits per heavy atom. The summed E-state index contributed by atoms with van der Waals surface area (Å²) in [4.78, 5) is 14.5. The number of amides is 1. The highest BCUT2D eigenvalue weighted by molar-refractivity contribution is 5.94. The topological polar surface area (TPSA) is 56.0 Å². The molecule has 3 heterocycles. The maximum atomic E-state index is 13.2. The molecule has 0 fully saturated rings. The van der Waals surface area contributed by atoms with Crippen LogP contribution in [0.15, 0.2) is 42.7 Å². The Morgan fingerprint density at radius 3 is 2.72 bits per heavy atom. The molecule has 0 saturated carbocycles. The predicted molar refractivity (Wildman–Crippen MR) is 91.2 cm³/mol. The maximum absolute atomic E-state index is 13.2. The molecule has 4 rings (SSSR count). The lowest BCUT2D eigenvalue weighted by Crippen LogP contribution is -2.38. The number of halogens is 1. The molecule has 3 aromatic rings. The number of rotatable bonds is 3. The van der Waals surface area contributed by atoms with Crippen molar-refractivity contribution in [2.75, 3.05) is 11.4 Å². The second-order valence-corrected chi connectivity index (χ2v) is 6.14. The summed E-state index contributed by atoms with van der Waals surface area (Å²) in [5.74, 6) is -0.289. The van der Waals surface area contributed by atoms with Crippen molar-refractivity contribution in [1.82, 2.24) is 19.6 Å². The summed E-state index contributed by atoms with van der Waals surface area (Å²) in [5.41, 5.74) is 3.54. The molecular weight excluding hydrogens is 321 g/mol. The van der Waals surface area contributed by atoms with E-state index in [4.69, 9.17) is 0 Å². The fraction of sp³-hybridized carbons (Fsp3) is 0.278. The van der Waals surface area contributed by atoms with E-state index in [1.54, 1.807) is 38.8 Å². The van der Waals surface area contributed by atoms with Gasteiger partial charge in [0.25, 0.3) is 0 Å². The average Bonchev–Trinajstić information content (AvgIpc) is 3.22. The number of aromatic nitrogens is 4. The van der Waals surface area contributed by atoms with E-state index < -0.39 is 0 Å². The van der Waals surface area contributed by atoms with E-state index >= 15 is 0 Å². The summed E-state index contributed by atoms with van der Waals surface area (Å²) in [7, 11) is 0. The number of anilines is 1. The molecule has 0 aliphatic carbocycles. The van der Waals surface area contributed by atoms with E-state index in [1.165, 1.54) is 12.1 Å². The Morgan fingerprint density at radius 1 is 1.20 bits per heavy atom. The van der Waals surface area contributed by atoms with Gasteiger partial charge in [0, 0.05) is 18.4 Å². The van der Waals surface area contributed by atoms with Crippen LogP contribution >= 0.6 is 0 Å². The van der Waals surface area contributed by atoms with E-state index in [-0.39, 0.29) is 18.3 Å². The summed E-state index contributed by atoms with van der Waals surface area (Å²) in [6.07, 6.45) is 5.10.